The fraction of sp³-hybridized carbons (Fsp3) is 0.176. The molecule has 23 heavy (non-hydrogen) atoms. The summed E-state index contributed by atoms with van der Waals surface area (Å²) in [5.41, 5.74) is 3.27. The minimum atomic E-state index is 0.289. The molecule has 6 heteroatoms. The molecular formula is C17H9Cl2N3O. The Kier molecular flexibility index (Phi) is 3.13. The Labute approximate surface area is 143 Å². The van der Waals surface area contributed by atoms with E-state index in [0.29, 0.717) is 27.1 Å². The summed E-state index contributed by atoms with van der Waals surface area (Å²) in [6, 6.07) is 9.07. The van der Waals surface area contributed by atoms with Crippen LogP contribution in [0.1, 0.15) is 23.1 Å². The topological polar surface area (TPSA) is 60.0 Å². The third kappa shape index (κ3) is 1.96. The molecule has 2 aromatic rings. The highest BCUT2D eigenvalue weighted by molar-refractivity contribution is 6.37. The van der Waals surface area contributed by atoms with E-state index >= 15 is 0 Å². The SMILES string of the molecule is N#Cc1cc2c(cc1C#N)N1CCCc3c(Cl)cc(Cl)c(c31)O2. The van der Waals surface area contributed by atoms with Crippen molar-refractivity contribution in [2.45, 2.75) is 12.8 Å². The first kappa shape index (κ1) is 14.2. The van der Waals surface area contributed by atoms with Gasteiger partial charge in [-0.2, -0.15) is 10.5 Å². The maximum atomic E-state index is 9.26. The summed E-state index contributed by atoms with van der Waals surface area (Å²) in [4.78, 5) is 2.08. The number of hydrogen-bond donors (Lipinski definition) is 0. The van der Waals surface area contributed by atoms with Gasteiger partial charge in [0.1, 0.15) is 12.1 Å². The molecule has 4 rings (SSSR count). The van der Waals surface area contributed by atoms with Gasteiger partial charge in [0.25, 0.3) is 0 Å². The van der Waals surface area contributed by atoms with E-state index in [1.807, 2.05) is 6.07 Å². The van der Waals surface area contributed by atoms with Gasteiger partial charge in [0, 0.05) is 17.6 Å². The largest absolute Gasteiger partial charge is 0.451 e. The number of halogens is 2. The predicted octanol–water partition coefficient (Wildman–Crippen LogP) is 4.93. The standard InChI is InChI=1S/C17H9Cl2N3O/c18-12-6-13(19)17-16-11(12)2-1-3-22(16)14-4-9(7-20)10(8-21)5-15(14)23-17/h4-6H,1-3H2. The van der Waals surface area contributed by atoms with Crippen LogP contribution in [0.15, 0.2) is 18.2 Å². The summed E-state index contributed by atoms with van der Waals surface area (Å²) in [5.74, 6) is 1.09. The van der Waals surface area contributed by atoms with E-state index in [1.54, 1.807) is 18.2 Å². The van der Waals surface area contributed by atoms with Gasteiger partial charge in [-0.1, -0.05) is 23.2 Å². The number of ether oxygens (including phenoxy) is 1. The lowest BCUT2D eigenvalue weighted by Gasteiger charge is -2.38. The number of anilines is 2. The van der Waals surface area contributed by atoms with Gasteiger partial charge in [-0.25, -0.2) is 0 Å². The molecular weight excluding hydrogens is 333 g/mol. The van der Waals surface area contributed by atoms with Gasteiger partial charge in [-0.05, 0) is 30.5 Å². The van der Waals surface area contributed by atoms with Gasteiger partial charge >= 0.3 is 0 Å². The number of benzene rings is 2. The second-order valence-electron chi connectivity index (χ2n) is 5.44. The van der Waals surface area contributed by atoms with E-state index in [4.69, 9.17) is 27.9 Å². The summed E-state index contributed by atoms with van der Waals surface area (Å²) in [6.07, 6.45) is 1.80. The molecule has 4 nitrogen and oxygen atoms in total. The number of fused-ring (bicyclic) bond motifs is 2. The third-order valence-corrected chi connectivity index (χ3v) is 4.80. The van der Waals surface area contributed by atoms with Crippen LogP contribution in [0.4, 0.5) is 11.4 Å². The van der Waals surface area contributed by atoms with E-state index in [-0.39, 0.29) is 5.56 Å². The Morgan fingerprint density at radius 3 is 2.52 bits per heavy atom. The molecule has 0 fully saturated rings. The molecule has 2 aromatic carbocycles. The summed E-state index contributed by atoms with van der Waals surface area (Å²) < 4.78 is 5.96. The first-order valence-corrected chi connectivity index (χ1v) is 7.84. The average molecular weight is 342 g/mol. The van der Waals surface area contributed by atoms with E-state index in [2.05, 4.69) is 11.0 Å². The number of hydrogen-bond acceptors (Lipinski definition) is 4. The van der Waals surface area contributed by atoms with Crippen molar-refractivity contribution >= 4 is 34.6 Å². The molecule has 0 N–H and O–H groups in total. The van der Waals surface area contributed by atoms with E-state index < -0.39 is 0 Å². The Bertz CT molecular complexity index is 941. The Balaban J connectivity index is 2.01. The maximum Gasteiger partial charge on any atom is 0.170 e. The molecule has 2 aliphatic rings. The summed E-state index contributed by atoms with van der Waals surface area (Å²) in [5, 5.41) is 19.5. The molecule has 112 valence electrons. The Hall–Kier alpha value is -2.40. The molecule has 0 atom stereocenters. The van der Waals surface area contributed by atoms with Gasteiger partial charge in [0.05, 0.1) is 27.5 Å². The van der Waals surface area contributed by atoms with E-state index in [9.17, 15) is 10.5 Å². The normalized spacial score (nSPS) is 14.2. The molecule has 0 amide bonds. The second kappa shape index (κ2) is 5.06. The highest BCUT2D eigenvalue weighted by Gasteiger charge is 2.33. The van der Waals surface area contributed by atoms with Crippen LogP contribution in [-0.4, -0.2) is 6.54 Å². The van der Waals surface area contributed by atoms with Gasteiger partial charge in [-0.15, -0.1) is 0 Å². The molecule has 0 radical (unpaired) electrons. The highest BCUT2D eigenvalue weighted by Crippen LogP contribution is 2.55. The van der Waals surface area contributed by atoms with Crippen LogP contribution in [0.3, 0.4) is 0 Å². The van der Waals surface area contributed by atoms with Crippen LogP contribution in [0.5, 0.6) is 11.5 Å². The van der Waals surface area contributed by atoms with Gasteiger partial charge in [0.15, 0.2) is 11.5 Å². The minimum Gasteiger partial charge on any atom is -0.451 e. The maximum absolute atomic E-state index is 9.26. The van der Waals surface area contributed by atoms with Crippen molar-refractivity contribution < 1.29 is 4.74 Å². The first-order chi connectivity index (χ1) is 11.1. The lowest BCUT2D eigenvalue weighted by molar-refractivity contribution is 0.468. The molecule has 0 spiro atoms. The van der Waals surface area contributed by atoms with Gasteiger partial charge in [-0.3, -0.25) is 0 Å². The summed E-state index contributed by atoms with van der Waals surface area (Å²) >= 11 is 12.6. The zero-order chi connectivity index (χ0) is 16.1. The molecule has 0 saturated heterocycles. The molecule has 2 heterocycles. The lowest BCUT2D eigenvalue weighted by Crippen LogP contribution is -2.28. The van der Waals surface area contributed by atoms with Crippen LogP contribution in [0.25, 0.3) is 0 Å². The number of rotatable bonds is 0. The second-order valence-corrected chi connectivity index (χ2v) is 6.26. The minimum absolute atomic E-state index is 0.289. The van der Waals surface area contributed by atoms with Crippen molar-refractivity contribution in [3.63, 3.8) is 0 Å². The zero-order valence-corrected chi connectivity index (χ0v) is 13.4. The van der Waals surface area contributed by atoms with E-state index in [1.165, 1.54) is 0 Å². The van der Waals surface area contributed by atoms with Crippen molar-refractivity contribution in [3.05, 3.63) is 44.9 Å². The molecule has 0 aromatic heterocycles. The monoisotopic (exact) mass is 341 g/mol. The van der Waals surface area contributed by atoms with Crippen molar-refractivity contribution in [1.82, 2.24) is 0 Å². The summed E-state index contributed by atoms with van der Waals surface area (Å²) in [6.45, 7) is 0.782. The zero-order valence-electron chi connectivity index (χ0n) is 11.9. The molecule has 2 aliphatic heterocycles. The van der Waals surface area contributed by atoms with E-state index in [0.717, 1.165) is 36.3 Å². The number of nitriles is 2. The van der Waals surface area contributed by atoms with Crippen molar-refractivity contribution in [2.24, 2.45) is 0 Å². The average Bonchev–Trinajstić information content (AvgIpc) is 2.58. The van der Waals surface area contributed by atoms with Crippen molar-refractivity contribution in [2.75, 3.05) is 11.4 Å². The molecule has 0 unspecified atom stereocenters. The smallest absolute Gasteiger partial charge is 0.170 e. The molecule has 0 saturated carbocycles. The highest BCUT2D eigenvalue weighted by atomic mass is 35.5. The van der Waals surface area contributed by atoms with Gasteiger partial charge < -0.3 is 9.64 Å². The van der Waals surface area contributed by atoms with Crippen molar-refractivity contribution in [1.29, 1.82) is 10.5 Å². The number of nitrogens with zero attached hydrogens (tertiary/aromatic N) is 3. The third-order valence-electron chi connectivity index (χ3n) is 4.18. The summed E-state index contributed by atoms with van der Waals surface area (Å²) in [7, 11) is 0. The first-order valence-electron chi connectivity index (χ1n) is 7.08. The van der Waals surface area contributed by atoms with Crippen LogP contribution < -0.4 is 9.64 Å². The van der Waals surface area contributed by atoms with Crippen LogP contribution in [0, 0.1) is 22.7 Å². The molecule has 0 bridgehead atoms. The van der Waals surface area contributed by atoms with Crippen LogP contribution >= 0.6 is 23.2 Å². The fourth-order valence-corrected chi connectivity index (χ4v) is 3.76. The molecule has 0 aliphatic carbocycles. The Morgan fingerprint density at radius 1 is 1.04 bits per heavy atom. The Morgan fingerprint density at radius 2 is 1.78 bits per heavy atom. The predicted molar refractivity (Wildman–Crippen MR) is 87.7 cm³/mol. The lowest BCUT2D eigenvalue weighted by atomic mass is 9.97. The van der Waals surface area contributed by atoms with Crippen LogP contribution in [-0.2, 0) is 6.42 Å². The van der Waals surface area contributed by atoms with Gasteiger partial charge in [0.2, 0.25) is 0 Å². The fourth-order valence-electron chi connectivity index (χ4n) is 3.17. The van der Waals surface area contributed by atoms with Crippen LogP contribution in [0.2, 0.25) is 10.0 Å². The quantitative estimate of drug-likeness (QED) is 0.681. The van der Waals surface area contributed by atoms with Crippen molar-refractivity contribution in [3.8, 4) is 23.6 Å².